The van der Waals surface area contributed by atoms with Gasteiger partial charge in [0.2, 0.25) is 0 Å². The minimum absolute atomic E-state index is 0.406. The van der Waals surface area contributed by atoms with Crippen molar-refractivity contribution in [2.75, 3.05) is 0 Å². The summed E-state index contributed by atoms with van der Waals surface area (Å²) in [4.78, 5) is 0. The summed E-state index contributed by atoms with van der Waals surface area (Å²) in [6.07, 6.45) is 4.86. The normalized spacial score (nSPS) is 14.6. The van der Waals surface area contributed by atoms with Gasteiger partial charge in [0.05, 0.1) is 6.10 Å². The van der Waals surface area contributed by atoms with Crippen LogP contribution in [0.3, 0.4) is 0 Å². The lowest BCUT2D eigenvalue weighted by molar-refractivity contribution is 0.186. The number of aliphatic hydroxyl groups is 1. The Kier molecular flexibility index (Phi) is 7.20. The van der Waals surface area contributed by atoms with Crippen LogP contribution in [0, 0.1) is 5.92 Å². The Labute approximate surface area is 96.0 Å². The Hall–Kier alpha value is -0.0800. The molecule has 0 aromatic rings. The molecule has 1 N–H and O–H groups in total. The number of allylic oxidation sites excluding steroid dienone is 2. The third kappa shape index (κ3) is 7.34. The molecule has 14 heavy (non-hydrogen) atoms. The highest BCUT2D eigenvalue weighted by atomic mass is 79.9. The Morgan fingerprint density at radius 3 is 2.50 bits per heavy atom. The Bertz CT molecular complexity index is 204. The summed E-state index contributed by atoms with van der Waals surface area (Å²) < 4.78 is 0.687. The minimum atomic E-state index is -0.406. The fourth-order valence-corrected chi connectivity index (χ4v) is 1.47. The average molecular weight is 261 g/mol. The van der Waals surface area contributed by atoms with E-state index < -0.39 is 6.10 Å². The molecule has 0 aliphatic rings. The highest BCUT2D eigenvalue weighted by Gasteiger charge is 2.10. The van der Waals surface area contributed by atoms with Gasteiger partial charge in [0.25, 0.3) is 0 Å². The largest absolute Gasteiger partial charge is 0.388 e. The molecule has 0 saturated carbocycles. The first kappa shape index (κ1) is 13.9. The summed E-state index contributed by atoms with van der Waals surface area (Å²) in [5, 5.41) is 9.54. The van der Waals surface area contributed by atoms with Crippen LogP contribution in [0.25, 0.3) is 0 Å². The molecule has 0 radical (unpaired) electrons. The summed E-state index contributed by atoms with van der Waals surface area (Å²) in [5.74, 6) is 0.537. The third-order valence-corrected chi connectivity index (χ3v) is 2.73. The van der Waals surface area contributed by atoms with Crippen molar-refractivity contribution in [2.45, 2.75) is 46.1 Å². The molecule has 0 aliphatic heterocycles. The van der Waals surface area contributed by atoms with Gasteiger partial charge in [-0.3, -0.25) is 0 Å². The maximum Gasteiger partial charge on any atom is 0.0851 e. The first-order valence-electron chi connectivity index (χ1n) is 5.09. The van der Waals surface area contributed by atoms with Crippen LogP contribution in [0.2, 0.25) is 0 Å². The molecule has 82 valence electrons. The van der Waals surface area contributed by atoms with Crippen LogP contribution in [-0.4, -0.2) is 11.2 Å². The van der Waals surface area contributed by atoms with Gasteiger partial charge in [-0.2, -0.15) is 0 Å². The molecule has 1 nitrogen and oxygen atoms in total. The van der Waals surface area contributed by atoms with Crippen LogP contribution in [0.1, 0.15) is 40.0 Å². The number of hydrogen-bond acceptors (Lipinski definition) is 1. The van der Waals surface area contributed by atoms with Gasteiger partial charge in [-0.25, -0.2) is 0 Å². The number of hydrogen-bond donors (Lipinski definition) is 1. The first-order valence-corrected chi connectivity index (χ1v) is 5.88. The van der Waals surface area contributed by atoms with Gasteiger partial charge in [0, 0.05) is 4.48 Å². The molecular formula is C12H21BrO. The standard InChI is InChI=1S/C12H21BrO/c1-9(2)6-5-7-10(3)8-12(14)11(4)13/h6,10,12,14H,4-5,7-8H2,1-3H3. The molecule has 2 atom stereocenters. The lowest BCUT2D eigenvalue weighted by atomic mass is 9.98. The maximum atomic E-state index is 9.54. The van der Waals surface area contributed by atoms with Gasteiger partial charge in [-0.05, 0) is 39.0 Å². The quantitative estimate of drug-likeness (QED) is 0.716. The van der Waals surface area contributed by atoms with Crippen LogP contribution in [-0.2, 0) is 0 Å². The lowest BCUT2D eigenvalue weighted by Crippen LogP contribution is -2.11. The van der Waals surface area contributed by atoms with E-state index in [0.717, 1.165) is 19.3 Å². The molecule has 0 bridgehead atoms. The second-order valence-corrected chi connectivity index (χ2v) is 5.18. The Morgan fingerprint density at radius 2 is 2.07 bits per heavy atom. The predicted molar refractivity (Wildman–Crippen MR) is 66.5 cm³/mol. The van der Waals surface area contributed by atoms with E-state index in [-0.39, 0.29) is 0 Å². The Balaban J connectivity index is 3.70. The fourth-order valence-electron chi connectivity index (χ4n) is 1.28. The van der Waals surface area contributed by atoms with Crippen molar-refractivity contribution in [1.29, 1.82) is 0 Å². The molecule has 2 unspecified atom stereocenters. The average Bonchev–Trinajstić information content (AvgIpc) is 2.02. The zero-order valence-corrected chi connectivity index (χ0v) is 11.0. The van der Waals surface area contributed by atoms with Gasteiger partial charge < -0.3 is 5.11 Å². The maximum absolute atomic E-state index is 9.54. The molecule has 0 amide bonds. The van der Waals surface area contributed by atoms with Crippen molar-refractivity contribution < 1.29 is 5.11 Å². The molecule has 0 spiro atoms. The molecule has 0 saturated heterocycles. The summed E-state index contributed by atoms with van der Waals surface area (Å²) in [6, 6.07) is 0. The summed E-state index contributed by atoms with van der Waals surface area (Å²) in [7, 11) is 0. The fraction of sp³-hybridized carbons (Fsp3) is 0.667. The number of halogens is 1. The molecule has 0 aromatic heterocycles. The van der Waals surface area contributed by atoms with Gasteiger partial charge in [-0.15, -0.1) is 0 Å². The van der Waals surface area contributed by atoms with E-state index in [9.17, 15) is 5.11 Å². The van der Waals surface area contributed by atoms with Crippen LogP contribution in [0.15, 0.2) is 22.7 Å². The van der Waals surface area contributed by atoms with Crippen molar-refractivity contribution >= 4 is 15.9 Å². The molecule has 0 fully saturated rings. The van der Waals surface area contributed by atoms with Crippen molar-refractivity contribution in [3.05, 3.63) is 22.7 Å². The molecule has 0 aromatic carbocycles. The highest BCUT2D eigenvalue weighted by molar-refractivity contribution is 9.11. The van der Waals surface area contributed by atoms with Crippen LogP contribution < -0.4 is 0 Å². The van der Waals surface area contributed by atoms with E-state index >= 15 is 0 Å². The second-order valence-electron chi connectivity index (χ2n) is 4.16. The minimum Gasteiger partial charge on any atom is -0.388 e. The first-order chi connectivity index (χ1) is 6.43. The van der Waals surface area contributed by atoms with Gasteiger partial charge in [0.15, 0.2) is 0 Å². The zero-order chi connectivity index (χ0) is 11.1. The van der Waals surface area contributed by atoms with E-state index in [0.29, 0.717) is 10.4 Å². The molecule has 0 aliphatic carbocycles. The second kappa shape index (κ2) is 7.24. The van der Waals surface area contributed by atoms with Crippen molar-refractivity contribution in [3.8, 4) is 0 Å². The van der Waals surface area contributed by atoms with Crippen molar-refractivity contribution in [2.24, 2.45) is 5.92 Å². The SMILES string of the molecule is C=C(Br)C(O)CC(C)CCC=C(C)C. The summed E-state index contributed by atoms with van der Waals surface area (Å²) >= 11 is 3.20. The summed E-state index contributed by atoms with van der Waals surface area (Å²) in [6.45, 7) is 10.1. The monoisotopic (exact) mass is 260 g/mol. The smallest absolute Gasteiger partial charge is 0.0851 e. The van der Waals surface area contributed by atoms with Gasteiger partial charge in [-0.1, -0.05) is 41.1 Å². The van der Waals surface area contributed by atoms with E-state index in [1.807, 2.05) is 0 Å². The molecule has 0 rings (SSSR count). The van der Waals surface area contributed by atoms with E-state index in [1.54, 1.807) is 0 Å². The number of rotatable bonds is 6. The van der Waals surface area contributed by atoms with Crippen molar-refractivity contribution in [1.82, 2.24) is 0 Å². The van der Waals surface area contributed by atoms with Gasteiger partial charge >= 0.3 is 0 Å². The highest BCUT2D eigenvalue weighted by Crippen LogP contribution is 2.19. The van der Waals surface area contributed by atoms with Gasteiger partial charge in [0.1, 0.15) is 0 Å². The molecule has 0 heterocycles. The predicted octanol–water partition coefficient (Wildman–Crippen LogP) is 4.03. The Morgan fingerprint density at radius 1 is 1.50 bits per heavy atom. The lowest BCUT2D eigenvalue weighted by Gasteiger charge is -2.14. The van der Waals surface area contributed by atoms with Crippen molar-refractivity contribution in [3.63, 3.8) is 0 Å². The zero-order valence-electron chi connectivity index (χ0n) is 9.39. The van der Waals surface area contributed by atoms with E-state index in [2.05, 4.69) is 49.4 Å². The van der Waals surface area contributed by atoms with E-state index in [4.69, 9.17) is 0 Å². The number of aliphatic hydroxyl groups excluding tert-OH is 1. The topological polar surface area (TPSA) is 20.2 Å². The van der Waals surface area contributed by atoms with Crippen LogP contribution in [0.4, 0.5) is 0 Å². The summed E-state index contributed by atoms with van der Waals surface area (Å²) in [5.41, 5.74) is 1.36. The molecule has 2 heteroatoms. The van der Waals surface area contributed by atoms with Crippen LogP contribution in [0.5, 0.6) is 0 Å². The third-order valence-electron chi connectivity index (χ3n) is 2.20. The molecular weight excluding hydrogens is 240 g/mol. The van der Waals surface area contributed by atoms with E-state index in [1.165, 1.54) is 5.57 Å². The van der Waals surface area contributed by atoms with Crippen LogP contribution >= 0.6 is 15.9 Å².